The van der Waals surface area contributed by atoms with Gasteiger partial charge >= 0.3 is 12.1 Å². The molecule has 10 nitrogen and oxygen atoms in total. The molecule has 1 atom stereocenters. The number of rotatable bonds is 6. The summed E-state index contributed by atoms with van der Waals surface area (Å²) < 4.78 is 55.3. The van der Waals surface area contributed by atoms with E-state index in [1.807, 2.05) is 35.0 Å². The van der Waals surface area contributed by atoms with E-state index in [1.165, 1.54) is 18.6 Å². The number of carboxylic acids is 1. The highest BCUT2D eigenvalue weighted by Gasteiger charge is 2.38. The fourth-order valence-electron chi connectivity index (χ4n) is 4.48. The van der Waals surface area contributed by atoms with Crippen molar-refractivity contribution in [2.75, 3.05) is 18.4 Å². The number of benzene rings is 2. The van der Waals surface area contributed by atoms with Gasteiger partial charge in [-0.2, -0.15) is 29.6 Å². The Morgan fingerprint density at radius 2 is 1.80 bits per heavy atom. The maximum absolute atomic E-state index is 13.4. The number of aromatic nitrogens is 2. The van der Waals surface area contributed by atoms with Crippen LogP contribution in [0.25, 0.3) is 22.2 Å². The first-order valence-corrected chi connectivity index (χ1v) is 14.8. The Hall–Kier alpha value is -3.79. The molecule has 0 spiro atoms. The summed E-state index contributed by atoms with van der Waals surface area (Å²) in [6.45, 7) is 1.80. The molecule has 1 aliphatic heterocycles. The number of carbonyl (C=O) groups excluding carboxylic acids is 1. The lowest BCUT2D eigenvalue weighted by atomic mass is 10.0. The van der Waals surface area contributed by atoms with Gasteiger partial charge in [0.25, 0.3) is 0 Å². The first-order valence-electron chi connectivity index (χ1n) is 12.3. The largest absolute Gasteiger partial charge is 0.490 e. The lowest BCUT2D eigenvalue weighted by molar-refractivity contribution is -0.192. The van der Waals surface area contributed by atoms with E-state index in [4.69, 9.17) is 15.0 Å². The van der Waals surface area contributed by atoms with Crippen LogP contribution in [0, 0.1) is 0 Å². The predicted octanol–water partition coefficient (Wildman–Crippen LogP) is 4.74. The number of primary sulfonamides is 1. The molecule has 15 heteroatoms. The Labute approximate surface area is 237 Å². The third-order valence-corrected chi connectivity index (χ3v) is 7.98. The number of halogens is 3. The molecular formula is C26H26F3N5O5S2. The van der Waals surface area contributed by atoms with Crippen LogP contribution in [0.15, 0.2) is 64.2 Å². The average molecular weight is 610 g/mol. The zero-order valence-electron chi connectivity index (χ0n) is 21.4. The normalized spacial score (nSPS) is 15.1. The van der Waals surface area contributed by atoms with Crippen LogP contribution < -0.4 is 10.5 Å². The number of nitrogens with one attached hydrogen (secondary N) is 2. The highest BCUT2D eigenvalue weighted by molar-refractivity contribution is 7.89. The maximum Gasteiger partial charge on any atom is 0.490 e. The number of sulfonamides is 1. The molecule has 1 unspecified atom stereocenters. The van der Waals surface area contributed by atoms with E-state index in [1.54, 1.807) is 23.5 Å². The summed E-state index contributed by atoms with van der Waals surface area (Å²) in [5, 5.41) is 27.7. The number of carbonyl (C=O) groups is 2. The molecule has 0 saturated carbocycles. The van der Waals surface area contributed by atoms with Gasteiger partial charge in [0.1, 0.15) is 11.7 Å². The number of aliphatic carboxylic acids is 1. The van der Waals surface area contributed by atoms with E-state index < -0.39 is 22.2 Å². The molecule has 41 heavy (non-hydrogen) atoms. The SMILES string of the molecule is NS(=O)(=O)c1cccc(-c2n[nH]c3ccc(NC(=O)C(c4ccsc4)N4CCCCC4)cc23)c1.O=C(O)C(F)(F)F. The van der Waals surface area contributed by atoms with E-state index in [0.717, 1.165) is 42.4 Å². The molecule has 2 aromatic carbocycles. The monoisotopic (exact) mass is 609 g/mol. The molecule has 1 fully saturated rings. The molecule has 1 amide bonds. The van der Waals surface area contributed by atoms with Crippen molar-refractivity contribution in [1.82, 2.24) is 15.1 Å². The van der Waals surface area contributed by atoms with Gasteiger partial charge in [-0.3, -0.25) is 14.8 Å². The smallest absolute Gasteiger partial charge is 0.475 e. The topological polar surface area (TPSA) is 158 Å². The van der Waals surface area contributed by atoms with Crippen molar-refractivity contribution in [2.45, 2.75) is 36.4 Å². The zero-order chi connectivity index (χ0) is 29.8. The van der Waals surface area contributed by atoms with Crippen molar-refractivity contribution in [3.05, 3.63) is 64.9 Å². The van der Waals surface area contributed by atoms with Crippen molar-refractivity contribution in [1.29, 1.82) is 0 Å². The van der Waals surface area contributed by atoms with E-state index >= 15 is 0 Å². The van der Waals surface area contributed by atoms with Crippen LogP contribution in [-0.2, 0) is 19.6 Å². The number of H-pyrrole nitrogens is 1. The summed E-state index contributed by atoms with van der Waals surface area (Å²) in [5.74, 6) is -2.83. The van der Waals surface area contributed by atoms with Gasteiger partial charge < -0.3 is 10.4 Å². The van der Waals surface area contributed by atoms with Gasteiger partial charge in [0.05, 0.1) is 10.4 Å². The first kappa shape index (κ1) is 30.2. The predicted molar refractivity (Wildman–Crippen MR) is 148 cm³/mol. The number of likely N-dealkylation sites (tertiary alicyclic amines) is 1. The number of hydrogen-bond acceptors (Lipinski definition) is 7. The number of nitrogens with zero attached hydrogens (tertiary/aromatic N) is 2. The second kappa shape index (κ2) is 12.4. The van der Waals surface area contributed by atoms with Gasteiger partial charge in [0, 0.05) is 16.6 Å². The van der Waals surface area contributed by atoms with Gasteiger partial charge in [-0.25, -0.2) is 18.4 Å². The number of carboxylic acid groups (broad SMARTS) is 1. The van der Waals surface area contributed by atoms with Crippen LogP contribution in [0.1, 0.15) is 30.9 Å². The Bertz CT molecular complexity index is 1630. The van der Waals surface area contributed by atoms with E-state index in [0.29, 0.717) is 16.9 Å². The van der Waals surface area contributed by atoms with Crippen LogP contribution >= 0.6 is 11.3 Å². The molecule has 5 rings (SSSR count). The van der Waals surface area contributed by atoms with E-state index in [9.17, 15) is 26.4 Å². The lowest BCUT2D eigenvalue weighted by Crippen LogP contribution is -2.40. The third kappa shape index (κ3) is 7.49. The maximum atomic E-state index is 13.4. The van der Waals surface area contributed by atoms with Crippen molar-refractivity contribution >= 4 is 49.8 Å². The number of hydrogen-bond donors (Lipinski definition) is 4. The summed E-state index contributed by atoms with van der Waals surface area (Å²) in [4.78, 5) is 24.6. The molecule has 2 aromatic heterocycles. The van der Waals surface area contributed by atoms with Gasteiger partial charge in [0.2, 0.25) is 15.9 Å². The van der Waals surface area contributed by atoms with E-state index in [2.05, 4.69) is 20.4 Å². The fraction of sp³-hybridized carbons (Fsp3) is 0.269. The number of thiophene rings is 1. The summed E-state index contributed by atoms with van der Waals surface area (Å²) in [6.07, 6.45) is -1.70. The highest BCUT2D eigenvalue weighted by Crippen LogP contribution is 2.31. The van der Waals surface area contributed by atoms with Crippen LogP contribution in [0.4, 0.5) is 18.9 Å². The van der Waals surface area contributed by atoms with Gasteiger partial charge in [-0.1, -0.05) is 18.6 Å². The minimum absolute atomic E-state index is 0.0192. The summed E-state index contributed by atoms with van der Waals surface area (Å²) >= 11 is 1.59. The number of fused-ring (bicyclic) bond motifs is 1. The van der Waals surface area contributed by atoms with Gasteiger partial charge in [0.15, 0.2) is 0 Å². The van der Waals surface area contributed by atoms with Crippen molar-refractivity contribution in [3.8, 4) is 11.3 Å². The molecule has 0 aliphatic carbocycles. The second-order valence-electron chi connectivity index (χ2n) is 9.25. The molecule has 0 radical (unpaired) electrons. The molecular weight excluding hydrogens is 583 g/mol. The quantitative estimate of drug-likeness (QED) is 0.246. The van der Waals surface area contributed by atoms with Crippen molar-refractivity contribution < 1.29 is 36.3 Å². The highest BCUT2D eigenvalue weighted by atomic mass is 32.2. The van der Waals surface area contributed by atoms with Crippen LogP contribution in [0.3, 0.4) is 0 Å². The minimum atomic E-state index is -5.08. The Kier molecular flexibility index (Phi) is 9.11. The first-order chi connectivity index (χ1) is 19.3. The molecule has 4 aromatic rings. The standard InChI is InChI=1S/C24H25N5O3S2.C2HF3O2/c25-34(31,32)19-6-4-5-16(13-19)22-20-14-18(7-8-21(20)27-28-22)26-24(30)23(17-9-12-33-15-17)29-10-2-1-3-11-29;3-2(4,5)1(6)7/h4-9,12-15,23H,1-3,10-11H2,(H,26,30)(H,27,28)(H2,25,31,32);(H,6,7). The lowest BCUT2D eigenvalue weighted by Gasteiger charge is -2.33. The second-order valence-corrected chi connectivity index (χ2v) is 11.6. The number of alkyl halides is 3. The zero-order valence-corrected chi connectivity index (χ0v) is 23.0. The summed E-state index contributed by atoms with van der Waals surface area (Å²) in [6, 6.07) is 13.6. The minimum Gasteiger partial charge on any atom is -0.475 e. The van der Waals surface area contributed by atoms with Gasteiger partial charge in [-0.05, 0) is 78.7 Å². The van der Waals surface area contributed by atoms with Crippen LogP contribution in [-0.4, -0.2) is 59.8 Å². The fourth-order valence-corrected chi connectivity index (χ4v) is 5.72. The molecule has 1 saturated heterocycles. The van der Waals surface area contributed by atoms with Crippen LogP contribution in [0.5, 0.6) is 0 Å². The number of piperidine rings is 1. The Balaban J connectivity index is 0.000000493. The van der Waals surface area contributed by atoms with Crippen molar-refractivity contribution in [3.63, 3.8) is 0 Å². The van der Waals surface area contributed by atoms with Gasteiger partial charge in [-0.15, -0.1) is 0 Å². The van der Waals surface area contributed by atoms with E-state index in [-0.39, 0.29) is 16.8 Å². The number of aromatic amines is 1. The molecule has 218 valence electrons. The molecule has 5 N–H and O–H groups in total. The summed E-state index contributed by atoms with van der Waals surface area (Å²) in [5.41, 5.74) is 3.64. The molecule has 0 bridgehead atoms. The number of nitrogens with two attached hydrogens (primary N) is 1. The third-order valence-electron chi connectivity index (χ3n) is 6.37. The molecule has 1 aliphatic rings. The Morgan fingerprint density at radius 1 is 1.10 bits per heavy atom. The Morgan fingerprint density at radius 3 is 2.41 bits per heavy atom. The average Bonchev–Trinajstić information content (AvgIpc) is 3.59. The molecule has 3 heterocycles. The number of amides is 1. The van der Waals surface area contributed by atoms with Crippen LogP contribution in [0.2, 0.25) is 0 Å². The number of anilines is 1. The van der Waals surface area contributed by atoms with Crippen molar-refractivity contribution in [2.24, 2.45) is 5.14 Å². The summed E-state index contributed by atoms with van der Waals surface area (Å²) in [7, 11) is -3.83.